The lowest BCUT2D eigenvalue weighted by Crippen LogP contribution is -2.39. The van der Waals surface area contributed by atoms with Crippen LogP contribution in [0.15, 0.2) is 22.0 Å². The Morgan fingerprint density at radius 3 is 2.86 bits per heavy atom. The van der Waals surface area contributed by atoms with Gasteiger partial charge in [-0.2, -0.15) is 18.2 Å². The lowest BCUT2D eigenvalue weighted by molar-refractivity contribution is -0.207. The van der Waals surface area contributed by atoms with Gasteiger partial charge < -0.3 is 14.5 Å². The lowest BCUT2D eigenvalue weighted by Gasteiger charge is -2.21. The second-order valence-electron chi connectivity index (χ2n) is 4.91. The Morgan fingerprint density at radius 1 is 1.45 bits per heavy atom. The first-order chi connectivity index (χ1) is 10.4. The highest BCUT2D eigenvalue weighted by Gasteiger charge is 2.38. The molecule has 2 aromatic rings. The lowest BCUT2D eigenvalue weighted by atomic mass is 10.2. The van der Waals surface area contributed by atoms with E-state index in [-0.39, 0.29) is 0 Å². The summed E-state index contributed by atoms with van der Waals surface area (Å²) in [5, 5.41) is 14.7. The Morgan fingerprint density at radius 2 is 2.23 bits per heavy atom. The van der Waals surface area contributed by atoms with Crippen LogP contribution < -0.4 is 0 Å². The van der Waals surface area contributed by atoms with Crippen molar-refractivity contribution in [2.75, 3.05) is 20.1 Å². The van der Waals surface area contributed by atoms with Gasteiger partial charge in [-0.3, -0.25) is 0 Å². The molecule has 5 nitrogen and oxygen atoms in total. The second-order valence-corrected chi connectivity index (χ2v) is 5.86. The van der Waals surface area contributed by atoms with E-state index in [0.29, 0.717) is 31.1 Å². The molecule has 0 radical (unpaired) electrons. The number of halogens is 3. The molecule has 2 aromatic heterocycles. The van der Waals surface area contributed by atoms with Gasteiger partial charge in [0.15, 0.2) is 6.10 Å². The summed E-state index contributed by atoms with van der Waals surface area (Å²) in [6.07, 6.45) is -5.87. The molecule has 0 bridgehead atoms. The van der Waals surface area contributed by atoms with Crippen LogP contribution in [0.3, 0.4) is 0 Å². The van der Waals surface area contributed by atoms with E-state index in [9.17, 15) is 13.2 Å². The first-order valence-corrected chi connectivity index (χ1v) is 7.54. The molecule has 0 spiro atoms. The SMILES string of the molecule is CN(CCCc1nc(-c2cccs2)no1)CC(O)C(F)(F)F. The summed E-state index contributed by atoms with van der Waals surface area (Å²) >= 11 is 1.50. The van der Waals surface area contributed by atoms with Crippen molar-refractivity contribution in [1.82, 2.24) is 15.0 Å². The van der Waals surface area contributed by atoms with Crippen LogP contribution in [0.25, 0.3) is 10.7 Å². The van der Waals surface area contributed by atoms with Crippen LogP contribution in [0.5, 0.6) is 0 Å². The highest BCUT2D eigenvalue weighted by molar-refractivity contribution is 7.13. The zero-order valence-electron chi connectivity index (χ0n) is 11.9. The minimum Gasteiger partial charge on any atom is -0.382 e. The highest BCUT2D eigenvalue weighted by Crippen LogP contribution is 2.22. The Bertz CT molecular complexity index is 571. The van der Waals surface area contributed by atoms with Crippen molar-refractivity contribution in [3.8, 4) is 10.7 Å². The molecule has 1 unspecified atom stereocenters. The number of rotatable bonds is 7. The molecule has 0 saturated heterocycles. The van der Waals surface area contributed by atoms with Gasteiger partial charge in [0, 0.05) is 13.0 Å². The first-order valence-electron chi connectivity index (χ1n) is 6.66. The van der Waals surface area contributed by atoms with Gasteiger partial charge in [0.1, 0.15) is 0 Å². The summed E-state index contributed by atoms with van der Waals surface area (Å²) < 4.78 is 41.8. The number of nitrogens with zero attached hydrogens (tertiary/aromatic N) is 3. The van der Waals surface area contributed by atoms with Crippen molar-refractivity contribution < 1.29 is 22.8 Å². The highest BCUT2D eigenvalue weighted by atomic mass is 32.1. The Hall–Kier alpha value is -1.45. The summed E-state index contributed by atoms with van der Waals surface area (Å²) in [4.78, 5) is 6.56. The average molecular weight is 335 g/mol. The normalized spacial score (nSPS) is 13.7. The van der Waals surface area contributed by atoms with Crippen LogP contribution >= 0.6 is 11.3 Å². The van der Waals surface area contributed by atoms with Crippen LogP contribution in [0, 0.1) is 0 Å². The maximum absolute atomic E-state index is 12.2. The molecule has 22 heavy (non-hydrogen) atoms. The molecule has 1 atom stereocenters. The smallest absolute Gasteiger partial charge is 0.382 e. The van der Waals surface area contributed by atoms with Gasteiger partial charge in [0.25, 0.3) is 0 Å². The summed E-state index contributed by atoms with van der Waals surface area (Å²) in [6, 6.07) is 3.77. The van der Waals surface area contributed by atoms with Crippen molar-refractivity contribution in [1.29, 1.82) is 0 Å². The van der Waals surface area contributed by atoms with Gasteiger partial charge in [-0.1, -0.05) is 11.2 Å². The van der Waals surface area contributed by atoms with E-state index >= 15 is 0 Å². The van der Waals surface area contributed by atoms with Crippen molar-refractivity contribution >= 4 is 11.3 Å². The average Bonchev–Trinajstić information content (AvgIpc) is 3.07. The predicted octanol–water partition coefficient (Wildman–Crippen LogP) is 2.59. The summed E-state index contributed by atoms with van der Waals surface area (Å²) in [7, 11) is 1.53. The summed E-state index contributed by atoms with van der Waals surface area (Å²) in [6.45, 7) is -0.0579. The van der Waals surface area contributed by atoms with Crippen LogP contribution in [-0.2, 0) is 6.42 Å². The maximum Gasteiger partial charge on any atom is 0.415 e. The molecule has 0 amide bonds. The molecule has 1 N–H and O–H groups in total. The fourth-order valence-electron chi connectivity index (χ4n) is 1.85. The number of hydrogen-bond acceptors (Lipinski definition) is 6. The van der Waals surface area contributed by atoms with Crippen LogP contribution in [0.4, 0.5) is 13.2 Å². The van der Waals surface area contributed by atoms with Gasteiger partial charge in [-0.25, -0.2) is 0 Å². The van der Waals surface area contributed by atoms with E-state index in [4.69, 9.17) is 9.63 Å². The van der Waals surface area contributed by atoms with Crippen LogP contribution in [0.1, 0.15) is 12.3 Å². The van der Waals surface area contributed by atoms with Gasteiger partial charge in [-0.05, 0) is 31.5 Å². The zero-order chi connectivity index (χ0) is 16.2. The fourth-order valence-corrected chi connectivity index (χ4v) is 2.50. The third kappa shape index (κ3) is 4.79. The largest absolute Gasteiger partial charge is 0.415 e. The zero-order valence-corrected chi connectivity index (χ0v) is 12.7. The molecule has 2 heterocycles. The number of alkyl halides is 3. The number of likely N-dealkylation sites (N-methyl/N-ethyl adjacent to an activating group) is 1. The Kier molecular flexibility index (Phi) is 5.54. The van der Waals surface area contributed by atoms with Gasteiger partial charge in [-0.15, -0.1) is 11.3 Å². The molecule has 2 rings (SSSR count). The molecule has 0 aliphatic carbocycles. The standard InChI is InChI=1S/C13H16F3N3O2S/c1-19(8-10(20)13(14,15)16)6-2-5-11-17-12(18-21-11)9-4-3-7-22-9/h3-4,7,10,20H,2,5-6,8H2,1H3. The Balaban J connectivity index is 1.75. The topological polar surface area (TPSA) is 62.4 Å². The minimum absolute atomic E-state index is 0.393. The number of aliphatic hydroxyl groups is 1. The number of thiophene rings is 1. The summed E-state index contributed by atoms with van der Waals surface area (Å²) in [5.41, 5.74) is 0. The molecule has 0 aliphatic rings. The van der Waals surface area contributed by atoms with Crippen LogP contribution in [0.2, 0.25) is 0 Å². The van der Waals surface area contributed by atoms with Gasteiger partial charge >= 0.3 is 6.18 Å². The Labute approximate surface area is 129 Å². The van der Waals surface area contributed by atoms with Crippen molar-refractivity contribution in [2.45, 2.75) is 25.1 Å². The van der Waals surface area contributed by atoms with E-state index in [1.54, 1.807) is 0 Å². The number of aromatic nitrogens is 2. The number of aryl methyl sites for hydroxylation is 1. The molecule has 0 aromatic carbocycles. The molecule has 9 heteroatoms. The number of aliphatic hydroxyl groups excluding tert-OH is 1. The molecule has 0 fully saturated rings. The predicted molar refractivity (Wildman–Crippen MR) is 75.5 cm³/mol. The van der Waals surface area contributed by atoms with E-state index in [1.807, 2.05) is 17.5 Å². The molecular formula is C13H16F3N3O2S. The molecule has 122 valence electrons. The summed E-state index contributed by atoms with van der Waals surface area (Å²) in [5.74, 6) is 0.971. The van der Waals surface area contributed by atoms with Gasteiger partial charge in [0.2, 0.25) is 11.7 Å². The van der Waals surface area contributed by atoms with Crippen molar-refractivity contribution in [2.24, 2.45) is 0 Å². The monoisotopic (exact) mass is 335 g/mol. The van der Waals surface area contributed by atoms with E-state index < -0.39 is 18.8 Å². The third-order valence-electron chi connectivity index (χ3n) is 3.00. The van der Waals surface area contributed by atoms with E-state index in [0.717, 1.165) is 4.88 Å². The quantitative estimate of drug-likeness (QED) is 0.843. The first kappa shape index (κ1) is 16.9. The second kappa shape index (κ2) is 7.21. The number of hydrogen-bond donors (Lipinski definition) is 1. The fraction of sp³-hybridized carbons (Fsp3) is 0.538. The van der Waals surface area contributed by atoms with Crippen LogP contribution in [-0.4, -0.2) is 52.6 Å². The minimum atomic E-state index is -4.59. The molecule has 0 aliphatic heterocycles. The van der Waals surface area contributed by atoms with Crippen molar-refractivity contribution in [3.05, 3.63) is 23.4 Å². The molecular weight excluding hydrogens is 319 g/mol. The van der Waals surface area contributed by atoms with Gasteiger partial charge in [0.05, 0.1) is 4.88 Å². The third-order valence-corrected chi connectivity index (χ3v) is 3.87. The molecule has 0 saturated carbocycles. The van der Waals surface area contributed by atoms with Crippen molar-refractivity contribution in [3.63, 3.8) is 0 Å². The van der Waals surface area contributed by atoms with E-state index in [1.165, 1.54) is 23.3 Å². The van der Waals surface area contributed by atoms with E-state index in [2.05, 4.69) is 10.1 Å². The maximum atomic E-state index is 12.2.